The Balaban J connectivity index is 2.36. The van der Waals surface area contributed by atoms with Crippen LogP contribution in [0.4, 0.5) is 0 Å². The molecule has 3 nitrogen and oxygen atoms in total. The molecule has 1 atom stereocenters. The number of hydrogen-bond donors (Lipinski definition) is 1. The first-order valence-corrected chi connectivity index (χ1v) is 9.45. The quantitative estimate of drug-likeness (QED) is 0.302. The van der Waals surface area contributed by atoms with Crippen LogP contribution in [0.25, 0.3) is 0 Å². The van der Waals surface area contributed by atoms with Gasteiger partial charge in [-0.05, 0) is 24.1 Å². The van der Waals surface area contributed by atoms with Crippen molar-refractivity contribution >= 4 is 38.9 Å². The predicted molar refractivity (Wildman–Crippen MR) is 109 cm³/mol. The highest BCUT2D eigenvalue weighted by Crippen LogP contribution is 2.16. The second-order valence-electron chi connectivity index (χ2n) is 5.71. The highest BCUT2D eigenvalue weighted by Gasteiger charge is 2.33. The lowest BCUT2D eigenvalue weighted by Gasteiger charge is -2.14. The molecule has 0 fully saturated rings. The molecular formula is C20H22BrN2OS+. The van der Waals surface area contributed by atoms with E-state index in [1.807, 2.05) is 53.4 Å². The molecule has 0 unspecified atom stereocenters. The van der Waals surface area contributed by atoms with E-state index >= 15 is 0 Å². The summed E-state index contributed by atoms with van der Waals surface area (Å²) in [5.41, 5.74) is 1.87. The van der Waals surface area contributed by atoms with Crippen molar-refractivity contribution < 1.29 is 9.36 Å². The van der Waals surface area contributed by atoms with E-state index in [1.165, 1.54) is 5.56 Å². The summed E-state index contributed by atoms with van der Waals surface area (Å²) in [5.74, 6) is -0.0453. The Hall–Kier alpha value is -1.85. The van der Waals surface area contributed by atoms with E-state index in [0.29, 0.717) is 17.1 Å². The number of rotatable bonds is 8. The molecule has 130 valence electrons. The van der Waals surface area contributed by atoms with E-state index in [4.69, 9.17) is 12.2 Å². The lowest BCUT2D eigenvalue weighted by atomic mass is 10.0. The summed E-state index contributed by atoms with van der Waals surface area (Å²) in [6, 6.07) is 10.9. The predicted octanol–water partition coefficient (Wildman–Crippen LogP) is 4.22. The number of nitrogens with one attached hydrogen (secondary N) is 1. The number of aryl methyl sites for hydroxylation is 1. The van der Waals surface area contributed by atoms with Gasteiger partial charge < -0.3 is 5.32 Å². The summed E-state index contributed by atoms with van der Waals surface area (Å²) >= 11 is 8.92. The number of Topliss-reactive ketones (excluding diaryl/α,β-unsaturated/α-hetero) is 1. The van der Waals surface area contributed by atoms with Crippen molar-refractivity contribution in [2.24, 2.45) is 0 Å². The van der Waals surface area contributed by atoms with Gasteiger partial charge in [0.1, 0.15) is 0 Å². The normalized spacial score (nSPS) is 11.6. The maximum atomic E-state index is 13.1. The molecule has 0 aliphatic heterocycles. The summed E-state index contributed by atoms with van der Waals surface area (Å²) in [4.78, 5) is 13.6. The summed E-state index contributed by atoms with van der Waals surface area (Å²) in [6.07, 6.45) is 7.68. The number of hydrogen-bond acceptors (Lipinski definition) is 2. The van der Waals surface area contributed by atoms with Crippen LogP contribution in [-0.4, -0.2) is 17.3 Å². The summed E-state index contributed by atoms with van der Waals surface area (Å²) in [5, 5.41) is 3.10. The lowest BCUT2D eigenvalue weighted by Crippen LogP contribution is -2.51. The third kappa shape index (κ3) is 5.31. The van der Waals surface area contributed by atoms with Gasteiger partial charge in [0.25, 0.3) is 6.04 Å². The second kappa shape index (κ2) is 9.59. The second-order valence-corrected chi connectivity index (χ2v) is 7.07. The minimum absolute atomic E-state index is 0.0453. The zero-order valence-corrected chi connectivity index (χ0v) is 16.6. The summed E-state index contributed by atoms with van der Waals surface area (Å²) in [7, 11) is 0. The Bertz CT molecular complexity index is 759. The Morgan fingerprint density at radius 3 is 2.68 bits per heavy atom. The number of aromatic nitrogens is 1. The first kappa shape index (κ1) is 19.5. The SMILES string of the molecule is C=CCNC(=S)[C@@H](C(=O)c1cccc(Br)c1)[n+]1ccc(CCC)cc1. The highest BCUT2D eigenvalue weighted by molar-refractivity contribution is 9.10. The van der Waals surface area contributed by atoms with Gasteiger partial charge in [-0.1, -0.05) is 59.7 Å². The zero-order chi connectivity index (χ0) is 18.2. The lowest BCUT2D eigenvalue weighted by molar-refractivity contribution is -0.692. The van der Waals surface area contributed by atoms with Gasteiger partial charge >= 0.3 is 0 Å². The van der Waals surface area contributed by atoms with Crippen LogP contribution >= 0.6 is 28.1 Å². The summed E-state index contributed by atoms with van der Waals surface area (Å²) in [6.45, 7) is 6.36. The Morgan fingerprint density at radius 1 is 1.36 bits per heavy atom. The number of ketones is 1. The smallest absolute Gasteiger partial charge is 0.270 e. The Labute approximate surface area is 162 Å². The van der Waals surface area contributed by atoms with Crippen molar-refractivity contribution in [2.45, 2.75) is 25.8 Å². The van der Waals surface area contributed by atoms with Crippen LogP contribution in [0.3, 0.4) is 0 Å². The minimum atomic E-state index is -0.583. The monoisotopic (exact) mass is 417 g/mol. The number of pyridine rings is 1. The third-order valence-corrected chi connectivity index (χ3v) is 4.65. The fraction of sp³-hybridized carbons (Fsp3) is 0.250. The molecule has 1 N–H and O–H groups in total. The average molecular weight is 418 g/mol. The molecule has 0 saturated heterocycles. The molecule has 1 aromatic carbocycles. The minimum Gasteiger partial charge on any atom is -0.370 e. The van der Waals surface area contributed by atoms with E-state index in [1.54, 1.807) is 6.08 Å². The van der Waals surface area contributed by atoms with Gasteiger partial charge in [0.2, 0.25) is 5.78 Å². The number of nitrogens with zero attached hydrogens (tertiary/aromatic N) is 1. The maximum Gasteiger partial charge on any atom is 0.270 e. The van der Waals surface area contributed by atoms with Gasteiger partial charge in [-0.25, -0.2) is 0 Å². The number of thiocarbonyl (C=S) groups is 1. The van der Waals surface area contributed by atoms with Crippen molar-refractivity contribution in [1.82, 2.24) is 5.32 Å². The molecule has 0 radical (unpaired) electrons. The van der Waals surface area contributed by atoms with Gasteiger partial charge in [0.05, 0.1) is 0 Å². The molecule has 5 heteroatoms. The van der Waals surface area contributed by atoms with E-state index in [-0.39, 0.29) is 5.78 Å². The van der Waals surface area contributed by atoms with Gasteiger partial charge in [-0.3, -0.25) is 4.79 Å². The van der Waals surface area contributed by atoms with Gasteiger partial charge in [0, 0.05) is 28.7 Å². The number of benzene rings is 1. The van der Waals surface area contributed by atoms with Crippen LogP contribution in [-0.2, 0) is 6.42 Å². The molecule has 0 saturated carbocycles. The molecule has 0 bridgehead atoms. The standard InChI is InChI=1S/C20H21BrN2OS/c1-3-6-15-9-12-23(13-10-15)18(20(25)22-11-4-2)19(24)16-7-5-8-17(21)14-16/h4-5,7-10,12-14,18H,2-3,6,11H2,1H3/p+1/t18-/m1/s1. The largest absolute Gasteiger partial charge is 0.370 e. The van der Waals surface area contributed by atoms with Crippen LogP contribution in [0, 0.1) is 0 Å². The Morgan fingerprint density at radius 2 is 2.08 bits per heavy atom. The number of halogens is 1. The van der Waals surface area contributed by atoms with Crippen molar-refractivity contribution in [3.63, 3.8) is 0 Å². The number of carbonyl (C=O) groups excluding carboxylic acids is 1. The van der Waals surface area contributed by atoms with Crippen LogP contribution in [0.1, 0.15) is 35.3 Å². The van der Waals surface area contributed by atoms with Gasteiger partial charge in [0.15, 0.2) is 17.4 Å². The first-order valence-electron chi connectivity index (χ1n) is 8.25. The Kier molecular flexibility index (Phi) is 7.47. The molecule has 0 aliphatic carbocycles. The van der Waals surface area contributed by atoms with E-state index in [9.17, 15) is 4.79 Å². The maximum absolute atomic E-state index is 13.1. The van der Waals surface area contributed by atoms with Gasteiger partial charge in [-0.15, -0.1) is 6.58 Å². The first-order chi connectivity index (χ1) is 12.1. The van der Waals surface area contributed by atoms with Crippen LogP contribution in [0.2, 0.25) is 0 Å². The molecule has 1 aromatic heterocycles. The average Bonchev–Trinajstić information content (AvgIpc) is 2.61. The number of carbonyl (C=O) groups is 1. The molecule has 0 amide bonds. The van der Waals surface area contributed by atoms with Crippen molar-refractivity contribution in [3.8, 4) is 0 Å². The van der Waals surface area contributed by atoms with Crippen molar-refractivity contribution in [3.05, 3.63) is 77.0 Å². The summed E-state index contributed by atoms with van der Waals surface area (Å²) < 4.78 is 2.73. The van der Waals surface area contributed by atoms with Crippen molar-refractivity contribution in [1.29, 1.82) is 0 Å². The van der Waals surface area contributed by atoms with Crippen LogP contribution in [0.15, 0.2) is 65.9 Å². The fourth-order valence-electron chi connectivity index (χ4n) is 2.56. The van der Waals surface area contributed by atoms with E-state index in [2.05, 4.69) is 34.7 Å². The molecule has 1 heterocycles. The van der Waals surface area contributed by atoms with E-state index in [0.717, 1.165) is 17.3 Å². The zero-order valence-electron chi connectivity index (χ0n) is 14.2. The van der Waals surface area contributed by atoms with E-state index < -0.39 is 6.04 Å². The highest BCUT2D eigenvalue weighted by atomic mass is 79.9. The molecule has 0 spiro atoms. The van der Waals surface area contributed by atoms with Crippen LogP contribution in [0.5, 0.6) is 0 Å². The van der Waals surface area contributed by atoms with Crippen molar-refractivity contribution in [2.75, 3.05) is 6.54 Å². The molecule has 2 aromatic rings. The molecule has 25 heavy (non-hydrogen) atoms. The van der Waals surface area contributed by atoms with Gasteiger partial charge in [-0.2, -0.15) is 4.57 Å². The third-order valence-electron chi connectivity index (χ3n) is 3.78. The topological polar surface area (TPSA) is 33.0 Å². The molecular weight excluding hydrogens is 396 g/mol. The molecule has 2 rings (SSSR count). The fourth-order valence-corrected chi connectivity index (χ4v) is 3.27. The molecule has 0 aliphatic rings. The van der Waals surface area contributed by atoms with Crippen LogP contribution < -0.4 is 9.88 Å².